The minimum absolute atomic E-state index is 0.676. The van der Waals surface area contributed by atoms with Gasteiger partial charge in [0, 0.05) is 19.1 Å². The summed E-state index contributed by atoms with van der Waals surface area (Å²) in [6.07, 6.45) is 0. The summed E-state index contributed by atoms with van der Waals surface area (Å²) in [4.78, 5) is 11.5. The zero-order valence-corrected chi connectivity index (χ0v) is 14.9. The third-order valence-corrected chi connectivity index (χ3v) is 5.09. The van der Waals surface area contributed by atoms with Gasteiger partial charge in [-0.15, -0.1) is 0 Å². The van der Waals surface area contributed by atoms with E-state index in [1.807, 2.05) is 30.3 Å². The third kappa shape index (κ3) is 3.84. The zero-order chi connectivity index (χ0) is 14.7. The van der Waals surface area contributed by atoms with E-state index in [2.05, 4.69) is 53.1 Å². The number of hydrogen-bond acceptors (Lipinski definition) is 2. The molecule has 0 aliphatic carbocycles. The molecule has 0 heterocycles. The molecule has 2 aromatic carbocycles. The van der Waals surface area contributed by atoms with Crippen molar-refractivity contribution in [3.05, 3.63) is 61.4 Å². The van der Waals surface area contributed by atoms with Crippen LogP contribution >= 0.6 is 47.8 Å². The molecule has 2 rings (SSSR count). The maximum absolute atomic E-state index is 11.5. The summed E-state index contributed by atoms with van der Waals surface area (Å²) in [7, 11) is 0. The Hall–Kier alpha value is -0.850. The minimum Gasteiger partial charge on any atom is -0.479 e. The lowest BCUT2D eigenvalue weighted by atomic mass is 10.1. The van der Waals surface area contributed by atoms with Crippen LogP contribution in [0.1, 0.15) is 11.6 Å². The van der Waals surface area contributed by atoms with E-state index in [0.29, 0.717) is 5.56 Å². The van der Waals surface area contributed by atoms with Crippen molar-refractivity contribution < 1.29 is 9.90 Å². The van der Waals surface area contributed by atoms with Gasteiger partial charge >= 0.3 is 5.97 Å². The summed E-state index contributed by atoms with van der Waals surface area (Å²) in [5, 5.41) is 12.4. The van der Waals surface area contributed by atoms with E-state index in [0.717, 1.165) is 19.1 Å². The van der Waals surface area contributed by atoms with Crippen LogP contribution in [0, 0.1) is 0 Å². The van der Waals surface area contributed by atoms with Crippen LogP contribution in [0.4, 0.5) is 5.69 Å². The normalized spacial score (nSPS) is 11.9. The number of aliphatic carboxylic acids is 1. The van der Waals surface area contributed by atoms with Crippen LogP contribution in [0.3, 0.4) is 0 Å². The maximum Gasteiger partial charge on any atom is 0.330 e. The molecule has 0 aliphatic rings. The van der Waals surface area contributed by atoms with Gasteiger partial charge in [0.1, 0.15) is 0 Å². The van der Waals surface area contributed by atoms with Gasteiger partial charge in [-0.05, 0) is 73.8 Å². The van der Waals surface area contributed by atoms with E-state index >= 15 is 0 Å². The second-order valence-corrected chi connectivity index (χ2v) is 6.72. The van der Waals surface area contributed by atoms with Crippen molar-refractivity contribution in [1.82, 2.24) is 0 Å². The molecule has 1 unspecified atom stereocenters. The van der Waals surface area contributed by atoms with Crippen LogP contribution in [-0.4, -0.2) is 11.1 Å². The molecule has 0 aromatic heterocycles. The molecule has 3 nitrogen and oxygen atoms in total. The van der Waals surface area contributed by atoms with Crippen molar-refractivity contribution in [3.63, 3.8) is 0 Å². The lowest BCUT2D eigenvalue weighted by molar-refractivity contribution is -0.138. The van der Waals surface area contributed by atoms with Gasteiger partial charge in [-0.25, -0.2) is 4.79 Å². The number of carboxylic acids is 1. The topological polar surface area (TPSA) is 49.3 Å². The van der Waals surface area contributed by atoms with E-state index in [4.69, 9.17) is 0 Å². The molecule has 0 saturated carbocycles. The first-order valence-corrected chi connectivity index (χ1v) is 8.05. The number of carboxylic acid groups (broad SMARTS) is 1. The Labute approximate surface area is 141 Å². The van der Waals surface area contributed by atoms with E-state index in [-0.39, 0.29) is 0 Å². The van der Waals surface area contributed by atoms with Crippen molar-refractivity contribution in [1.29, 1.82) is 0 Å². The molecule has 0 spiro atoms. The monoisotopic (exact) mass is 461 g/mol. The van der Waals surface area contributed by atoms with Crippen LogP contribution in [-0.2, 0) is 4.79 Å². The fraction of sp³-hybridized carbons (Fsp3) is 0.0714. The molecule has 2 N–H and O–H groups in total. The zero-order valence-electron chi connectivity index (χ0n) is 10.1. The number of nitrogens with one attached hydrogen (secondary N) is 1. The Bertz CT molecular complexity index is 629. The standard InChI is InChI=1S/C14H10Br3NO2/c15-9-2-4-10(5-3-9)18-13(14(19)20)8-1-6-11(16)12(17)7-8/h1-7,13,18H,(H,19,20). The summed E-state index contributed by atoms with van der Waals surface area (Å²) >= 11 is 10.1. The number of hydrogen-bond donors (Lipinski definition) is 2. The van der Waals surface area contributed by atoms with Crippen molar-refractivity contribution in [2.45, 2.75) is 6.04 Å². The number of rotatable bonds is 4. The molecule has 0 saturated heterocycles. The molecule has 0 aliphatic heterocycles. The maximum atomic E-state index is 11.5. The summed E-state index contributed by atoms with van der Waals surface area (Å²) in [5.41, 5.74) is 1.43. The average molecular weight is 464 g/mol. The van der Waals surface area contributed by atoms with Gasteiger partial charge < -0.3 is 10.4 Å². The number of carbonyl (C=O) groups is 1. The summed E-state index contributed by atoms with van der Waals surface area (Å²) in [6, 6.07) is 12.0. The van der Waals surface area contributed by atoms with Gasteiger partial charge in [0.15, 0.2) is 6.04 Å². The van der Waals surface area contributed by atoms with E-state index in [1.165, 1.54) is 0 Å². The molecule has 104 valence electrons. The SMILES string of the molecule is O=C(O)C(Nc1ccc(Br)cc1)c1ccc(Br)c(Br)c1. The molecule has 2 aromatic rings. The molecule has 6 heteroatoms. The molecular formula is C14H10Br3NO2. The minimum atomic E-state index is -0.929. The first-order valence-electron chi connectivity index (χ1n) is 5.67. The third-order valence-electron chi connectivity index (χ3n) is 2.68. The summed E-state index contributed by atoms with van der Waals surface area (Å²) < 4.78 is 2.65. The molecule has 0 fully saturated rings. The average Bonchev–Trinajstić information content (AvgIpc) is 2.41. The first-order chi connectivity index (χ1) is 9.47. The van der Waals surface area contributed by atoms with E-state index in [1.54, 1.807) is 12.1 Å². The fourth-order valence-corrected chi connectivity index (χ4v) is 2.60. The largest absolute Gasteiger partial charge is 0.479 e. The predicted octanol–water partition coefficient (Wildman–Crippen LogP) is 5.21. The van der Waals surface area contributed by atoms with Crippen molar-refractivity contribution in [2.75, 3.05) is 5.32 Å². The Morgan fingerprint density at radius 3 is 2.20 bits per heavy atom. The molecule has 0 amide bonds. The Morgan fingerprint density at radius 2 is 1.65 bits per heavy atom. The van der Waals surface area contributed by atoms with E-state index < -0.39 is 12.0 Å². The summed E-state index contributed by atoms with van der Waals surface area (Å²) in [5.74, 6) is -0.929. The molecule has 0 radical (unpaired) electrons. The van der Waals surface area contributed by atoms with Gasteiger partial charge in [0.2, 0.25) is 0 Å². The number of benzene rings is 2. The van der Waals surface area contributed by atoms with Crippen LogP contribution in [0.15, 0.2) is 55.9 Å². The highest BCUT2D eigenvalue weighted by molar-refractivity contribution is 9.13. The highest BCUT2D eigenvalue weighted by Crippen LogP contribution is 2.28. The van der Waals surface area contributed by atoms with Gasteiger partial charge in [-0.2, -0.15) is 0 Å². The molecule has 20 heavy (non-hydrogen) atoms. The van der Waals surface area contributed by atoms with Gasteiger partial charge in [-0.3, -0.25) is 0 Å². The van der Waals surface area contributed by atoms with Crippen molar-refractivity contribution in [2.24, 2.45) is 0 Å². The summed E-state index contributed by atoms with van der Waals surface area (Å²) in [6.45, 7) is 0. The van der Waals surface area contributed by atoms with Crippen LogP contribution < -0.4 is 5.32 Å². The molecule has 1 atom stereocenters. The molecular weight excluding hydrogens is 454 g/mol. The van der Waals surface area contributed by atoms with Crippen molar-refractivity contribution in [3.8, 4) is 0 Å². The Morgan fingerprint density at radius 1 is 1.00 bits per heavy atom. The fourth-order valence-electron chi connectivity index (χ4n) is 1.69. The van der Waals surface area contributed by atoms with Crippen LogP contribution in [0.25, 0.3) is 0 Å². The van der Waals surface area contributed by atoms with E-state index in [9.17, 15) is 9.90 Å². The lowest BCUT2D eigenvalue weighted by Crippen LogP contribution is -2.20. The number of halogens is 3. The quantitative estimate of drug-likeness (QED) is 0.654. The smallest absolute Gasteiger partial charge is 0.330 e. The van der Waals surface area contributed by atoms with Crippen LogP contribution in [0.5, 0.6) is 0 Å². The highest BCUT2D eigenvalue weighted by atomic mass is 79.9. The highest BCUT2D eigenvalue weighted by Gasteiger charge is 2.20. The number of anilines is 1. The van der Waals surface area contributed by atoms with Crippen molar-refractivity contribution >= 4 is 59.4 Å². The van der Waals surface area contributed by atoms with Gasteiger partial charge in [-0.1, -0.05) is 22.0 Å². The van der Waals surface area contributed by atoms with Crippen LogP contribution in [0.2, 0.25) is 0 Å². The van der Waals surface area contributed by atoms with Gasteiger partial charge in [0.25, 0.3) is 0 Å². The predicted molar refractivity (Wildman–Crippen MR) is 90.0 cm³/mol. The Kier molecular flexibility index (Phi) is 5.23. The Balaban J connectivity index is 2.29. The lowest BCUT2D eigenvalue weighted by Gasteiger charge is -2.17. The van der Waals surface area contributed by atoms with Gasteiger partial charge in [0.05, 0.1) is 0 Å². The second-order valence-electron chi connectivity index (χ2n) is 4.10. The molecule has 0 bridgehead atoms. The first kappa shape index (κ1) is 15.5. The second kappa shape index (κ2) is 6.74.